The Hall–Kier alpha value is -1.14. The second kappa shape index (κ2) is 4.43. The van der Waals surface area contributed by atoms with E-state index in [9.17, 15) is 17.9 Å². The summed E-state index contributed by atoms with van der Waals surface area (Å²) in [4.78, 5) is 0. The van der Waals surface area contributed by atoms with Crippen molar-refractivity contribution >= 4 is 9.84 Å². The van der Waals surface area contributed by atoms with E-state index in [0.29, 0.717) is 18.6 Å². The van der Waals surface area contributed by atoms with Crippen molar-refractivity contribution < 1.29 is 22.7 Å². The first kappa shape index (κ1) is 13.8. The van der Waals surface area contributed by atoms with E-state index < -0.39 is 31.8 Å². The topological polar surface area (TPSA) is 63.6 Å². The third-order valence-electron chi connectivity index (χ3n) is 4.55. The van der Waals surface area contributed by atoms with Crippen molar-refractivity contribution in [1.82, 2.24) is 0 Å². The van der Waals surface area contributed by atoms with Gasteiger partial charge in [-0.2, -0.15) is 0 Å². The molecule has 2 unspecified atom stereocenters. The van der Waals surface area contributed by atoms with Gasteiger partial charge in [-0.05, 0) is 37.8 Å². The lowest BCUT2D eigenvalue weighted by atomic mass is 9.85. The van der Waals surface area contributed by atoms with Gasteiger partial charge in [0.05, 0.1) is 23.2 Å². The van der Waals surface area contributed by atoms with Gasteiger partial charge in [0.25, 0.3) is 0 Å². The maximum absolute atomic E-state index is 14.1. The molecule has 1 N–H and O–H groups in total. The van der Waals surface area contributed by atoms with E-state index in [1.807, 2.05) is 0 Å². The van der Waals surface area contributed by atoms with Crippen LogP contribution in [0.2, 0.25) is 0 Å². The van der Waals surface area contributed by atoms with Crippen LogP contribution in [0.25, 0.3) is 0 Å². The Kier molecular flexibility index (Phi) is 3.06. The van der Waals surface area contributed by atoms with E-state index in [2.05, 4.69) is 0 Å². The molecule has 110 valence electrons. The SMILES string of the molecule is COc1ccc(C2(O)CC3CCC(C2)S3(=O)=O)c(F)c1. The number of benzene rings is 1. The third-order valence-corrected chi connectivity index (χ3v) is 7.21. The minimum absolute atomic E-state index is 0.0785. The highest BCUT2D eigenvalue weighted by molar-refractivity contribution is 7.93. The summed E-state index contributed by atoms with van der Waals surface area (Å²) in [5, 5.41) is 9.66. The fourth-order valence-electron chi connectivity index (χ4n) is 3.47. The summed E-state index contributed by atoms with van der Waals surface area (Å²) in [6, 6.07) is 4.30. The fourth-order valence-corrected chi connectivity index (χ4v) is 5.96. The van der Waals surface area contributed by atoms with Gasteiger partial charge in [-0.3, -0.25) is 0 Å². The van der Waals surface area contributed by atoms with Gasteiger partial charge in [0, 0.05) is 11.6 Å². The third kappa shape index (κ3) is 1.93. The Bertz CT molecular complexity index is 621. The summed E-state index contributed by atoms with van der Waals surface area (Å²) in [6.07, 6.45) is 1.28. The zero-order chi connectivity index (χ0) is 14.5. The van der Waals surface area contributed by atoms with Gasteiger partial charge in [-0.25, -0.2) is 12.8 Å². The van der Waals surface area contributed by atoms with Crippen molar-refractivity contribution in [3.8, 4) is 5.75 Å². The molecule has 0 saturated carbocycles. The van der Waals surface area contributed by atoms with Crippen molar-refractivity contribution in [1.29, 1.82) is 0 Å². The molecule has 2 atom stereocenters. The molecule has 2 heterocycles. The normalized spacial score (nSPS) is 35.0. The Labute approximate surface area is 117 Å². The van der Waals surface area contributed by atoms with Gasteiger partial charge in [-0.1, -0.05) is 0 Å². The molecular weight excluding hydrogens is 283 g/mol. The number of methoxy groups -OCH3 is 1. The van der Waals surface area contributed by atoms with E-state index in [1.54, 1.807) is 6.07 Å². The average molecular weight is 300 g/mol. The first-order valence-electron chi connectivity index (χ1n) is 6.66. The highest BCUT2D eigenvalue weighted by Gasteiger charge is 2.53. The Balaban J connectivity index is 1.99. The second-order valence-electron chi connectivity index (χ2n) is 5.70. The lowest BCUT2D eigenvalue weighted by molar-refractivity contribution is 0.0139. The predicted octanol–water partition coefficient (Wildman–Crippen LogP) is 1.76. The van der Waals surface area contributed by atoms with Crippen LogP contribution in [-0.4, -0.2) is 31.1 Å². The molecule has 2 saturated heterocycles. The highest BCUT2D eigenvalue weighted by atomic mass is 32.2. The van der Waals surface area contributed by atoms with Crippen LogP contribution >= 0.6 is 0 Å². The summed E-state index contributed by atoms with van der Waals surface area (Å²) in [5.41, 5.74) is -1.22. The van der Waals surface area contributed by atoms with Crippen LogP contribution in [0.3, 0.4) is 0 Å². The molecule has 2 bridgehead atoms. The summed E-state index contributed by atoms with van der Waals surface area (Å²) < 4.78 is 43.2. The van der Waals surface area contributed by atoms with Crippen LogP contribution in [-0.2, 0) is 15.4 Å². The van der Waals surface area contributed by atoms with Gasteiger partial charge in [0.2, 0.25) is 0 Å². The highest BCUT2D eigenvalue weighted by Crippen LogP contribution is 2.48. The van der Waals surface area contributed by atoms with Crippen LogP contribution in [0.15, 0.2) is 18.2 Å². The largest absolute Gasteiger partial charge is 0.497 e. The Morgan fingerprint density at radius 2 is 1.90 bits per heavy atom. The van der Waals surface area contributed by atoms with Crippen LogP contribution in [0.5, 0.6) is 5.75 Å². The zero-order valence-electron chi connectivity index (χ0n) is 11.2. The first-order valence-corrected chi connectivity index (χ1v) is 8.27. The number of hydrogen-bond acceptors (Lipinski definition) is 4. The van der Waals surface area contributed by atoms with Crippen molar-refractivity contribution in [2.75, 3.05) is 7.11 Å². The first-order chi connectivity index (χ1) is 9.37. The van der Waals surface area contributed by atoms with E-state index in [-0.39, 0.29) is 18.4 Å². The molecule has 0 aliphatic carbocycles. The molecule has 0 spiro atoms. The average Bonchev–Trinajstić information content (AvgIpc) is 2.58. The molecule has 4 nitrogen and oxygen atoms in total. The number of aliphatic hydroxyl groups is 1. The molecule has 6 heteroatoms. The van der Waals surface area contributed by atoms with Crippen molar-refractivity contribution in [3.63, 3.8) is 0 Å². The Morgan fingerprint density at radius 3 is 2.40 bits per heavy atom. The molecule has 1 aromatic rings. The summed E-state index contributed by atoms with van der Waals surface area (Å²) >= 11 is 0. The summed E-state index contributed by atoms with van der Waals surface area (Å²) in [6.45, 7) is 0. The zero-order valence-corrected chi connectivity index (χ0v) is 12.0. The lowest BCUT2D eigenvalue weighted by Gasteiger charge is -2.36. The predicted molar refractivity (Wildman–Crippen MR) is 71.8 cm³/mol. The number of sulfone groups is 1. The van der Waals surface area contributed by atoms with Gasteiger partial charge in [0.1, 0.15) is 11.6 Å². The minimum Gasteiger partial charge on any atom is -0.497 e. The number of hydrogen-bond donors (Lipinski definition) is 1. The molecule has 1 aromatic carbocycles. The summed E-state index contributed by atoms with van der Waals surface area (Å²) in [7, 11) is -1.70. The molecule has 3 rings (SSSR count). The number of halogens is 1. The number of fused-ring (bicyclic) bond motifs is 2. The molecular formula is C14H17FO4S. The standard InChI is InChI=1S/C14H17FO4S/c1-19-9-2-5-12(13(15)6-9)14(16)7-10-3-4-11(8-14)20(10,17)18/h2,5-6,10-11,16H,3-4,7-8H2,1H3. The van der Waals surface area contributed by atoms with Crippen molar-refractivity contribution in [2.45, 2.75) is 41.8 Å². The lowest BCUT2D eigenvalue weighted by Crippen LogP contribution is -2.43. The van der Waals surface area contributed by atoms with Gasteiger partial charge in [-0.15, -0.1) is 0 Å². The maximum Gasteiger partial charge on any atom is 0.156 e. The molecule has 2 aliphatic rings. The molecule has 2 fully saturated rings. The van der Waals surface area contributed by atoms with Crippen LogP contribution < -0.4 is 4.74 Å². The van der Waals surface area contributed by atoms with Crippen LogP contribution in [0.4, 0.5) is 4.39 Å². The van der Waals surface area contributed by atoms with Crippen LogP contribution in [0, 0.1) is 5.82 Å². The van der Waals surface area contributed by atoms with E-state index >= 15 is 0 Å². The van der Waals surface area contributed by atoms with E-state index in [4.69, 9.17) is 4.74 Å². The molecule has 0 aromatic heterocycles. The van der Waals surface area contributed by atoms with Crippen LogP contribution in [0.1, 0.15) is 31.2 Å². The molecule has 20 heavy (non-hydrogen) atoms. The molecule has 2 aliphatic heterocycles. The monoisotopic (exact) mass is 300 g/mol. The van der Waals surface area contributed by atoms with Crippen molar-refractivity contribution in [2.24, 2.45) is 0 Å². The minimum atomic E-state index is -3.14. The molecule has 0 amide bonds. The quantitative estimate of drug-likeness (QED) is 0.904. The van der Waals surface area contributed by atoms with Crippen molar-refractivity contribution in [3.05, 3.63) is 29.6 Å². The Morgan fingerprint density at radius 1 is 1.30 bits per heavy atom. The smallest absolute Gasteiger partial charge is 0.156 e. The van der Waals surface area contributed by atoms with Gasteiger partial charge < -0.3 is 9.84 Å². The number of rotatable bonds is 2. The maximum atomic E-state index is 14.1. The van der Waals surface area contributed by atoms with E-state index in [0.717, 1.165) is 0 Å². The number of ether oxygens (including phenoxy) is 1. The van der Waals surface area contributed by atoms with Gasteiger partial charge in [0.15, 0.2) is 9.84 Å². The second-order valence-corrected chi connectivity index (χ2v) is 8.21. The van der Waals surface area contributed by atoms with Gasteiger partial charge >= 0.3 is 0 Å². The summed E-state index contributed by atoms with van der Waals surface area (Å²) in [5.74, 6) is -0.174. The van der Waals surface area contributed by atoms with E-state index in [1.165, 1.54) is 19.2 Å². The fraction of sp³-hybridized carbons (Fsp3) is 0.571. The molecule has 0 radical (unpaired) electrons.